The molecular weight excluding hydrogens is 490 g/mol. The zero-order valence-corrected chi connectivity index (χ0v) is 21.8. The number of rotatable bonds is 7. The van der Waals surface area contributed by atoms with Crippen molar-refractivity contribution in [2.75, 3.05) is 50.8 Å². The van der Waals surface area contributed by atoms with Gasteiger partial charge in [-0.25, -0.2) is 0 Å². The lowest BCUT2D eigenvalue weighted by molar-refractivity contribution is -0.136. The number of carbonyl (C=O) groups excluding carboxylic acids is 5. The Morgan fingerprint density at radius 2 is 1.84 bits per heavy atom. The molecule has 1 atom stereocenters. The minimum Gasteiger partial charge on any atom is -0.372 e. The number of hydrogen-bond donors (Lipinski definition) is 2. The lowest BCUT2D eigenvalue weighted by Crippen LogP contribution is -2.57. The fraction of sp³-hybridized carbons (Fsp3) is 0.593. The van der Waals surface area contributed by atoms with E-state index in [1.807, 2.05) is 6.07 Å². The van der Waals surface area contributed by atoms with E-state index in [0.29, 0.717) is 24.3 Å². The molecule has 11 nitrogen and oxygen atoms in total. The first-order valence-electron chi connectivity index (χ1n) is 13.5. The summed E-state index contributed by atoms with van der Waals surface area (Å²) in [4.78, 5) is 66.7. The van der Waals surface area contributed by atoms with E-state index in [-0.39, 0.29) is 30.3 Å². The van der Waals surface area contributed by atoms with Gasteiger partial charge in [-0.05, 0) is 56.8 Å². The molecule has 2 N–H and O–H groups in total. The maximum atomic E-state index is 13.2. The molecule has 11 heteroatoms. The molecule has 5 rings (SSSR count). The van der Waals surface area contributed by atoms with Crippen molar-refractivity contribution in [3.8, 4) is 0 Å². The quantitative estimate of drug-likeness (QED) is 0.393. The molecule has 0 aromatic heterocycles. The Kier molecular flexibility index (Phi) is 7.49. The number of morpholine rings is 1. The van der Waals surface area contributed by atoms with E-state index in [9.17, 15) is 24.0 Å². The average Bonchev–Trinajstić information content (AvgIpc) is 3.13. The number of ether oxygens (including phenoxy) is 1. The van der Waals surface area contributed by atoms with Crippen LogP contribution < -0.4 is 15.5 Å². The third-order valence-electron chi connectivity index (χ3n) is 8.07. The number of nitrogens with zero attached hydrogens (tertiary/aromatic N) is 3. The second-order valence-corrected chi connectivity index (χ2v) is 10.7. The highest BCUT2D eigenvalue weighted by Gasteiger charge is 2.45. The predicted octanol–water partition coefficient (Wildman–Crippen LogP) is 0.675. The Balaban J connectivity index is 1.18. The van der Waals surface area contributed by atoms with Gasteiger partial charge in [0.25, 0.3) is 11.8 Å². The molecule has 4 heterocycles. The molecule has 1 aromatic carbocycles. The first-order valence-corrected chi connectivity index (χ1v) is 13.5. The van der Waals surface area contributed by atoms with E-state index in [1.165, 1.54) is 6.92 Å². The monoisotopic (exact) mass is 525 g/mol. The zero-order valence-electron chi connectivity index (χ0n) is 21.8. The molecule has 0 radical (unpaired) electrons. The maximum absolute atomic E-state index is 13.2. The molecule has 0 aliphatic carbocycles. The van der Waals surface area contributed by atoms with Crippen LogP contribution in [0, 0.1) is 0 Å². The Labute approximate surface area is 221 Å². The third-order valence-corrected chi connectivity index (χ3v) is 8.07. The SMILES string of the molecule is CC(=O)NCCCCN1CCOC2(CCN(c3ccc4c(c3)C(=O)N(C3CCC(=O)NC3=O)C4=O)CC2)C1. The summed E-state index contributed by atoms with van der Waals surface area (Å²) in [5, 5.41) is 5.07. The van der Waals surface area contributed by atoms with Crippen LogP contribution in [0.25, 0.3) is 0 Å². The van der Waals surface area contributed by atoms with Crippen molar-refractivity contribution < 1.29 is 28.7 Å². The number of piperidine rings is 2. The van der Waals surface area contributed by atoms with Crippen LogP contribution in [-0.4, -0.2) is 96.9 Å². The number of imide groups is 2. The molecule has 1 spiro atoms. The highest BCUT2D eigenvalue weighted by atomic mass is 16.5. The van der Waals surface area contributed by atoms with Crippen molar-refractivity contribution in [1.82, 2.24) is 20.4 Å². The van der Waals surface area contributed by atoms with E-state index in [0.717, 1.165) is 69.0 Å². The molecule has 0 bridgehead atoms. The van der Waals surface area contributed by atoms with Gasteiger partial charge in [0.15, 0.2) is 0 Å². The lowest BCUT2D eigenvalue weighted by Gasteiger charge is -2.48. The highest BCUT2D eigenvalue weighted by Crippen LogP contribution is 2.35. The number of fused-ring (bicyclic) bond motifs is 1. The van der Waals surface area contributed by atoms with Gasteiger partial charge in [0.1, 0.15) is 6.04 Å². The van der Waals surface area contributed by atoms with Crippen LogP contribution in [0.15, 0.2) is 18.2 Å². The summed E-state index contributed by atoms with van der Waals surface area (Å²) >= 11 is 0. The number of carbonyl (C=O) groups is 5. The van der Waals surface area contributed by atoms with Gasteiger partial charge in [0, 0.05) is 51.8 Å². The van der Waals surface area contributed by atoms with Crippen LogP contribution in [0.5, 0.6) is 0 Å². The summed E-state index contributed by atoms with van der Waals surface area (Å²) < 4.78 is 6.29. The maximum Gasteiger partial charge on any atom is 0.262 e. The minimum atomic E-state index is -0.963. The zero-order chi connectivity index (χ0) is 26.9. The summed E-state index contributed by atoms with van der Waals surface area (Å²) in [6, 6.07) is 4.32. The fourth-order valence-corrected chi connectivity index (χ4v) is 5.97. The Hall–Kier alpha value is -3.31. The number of benzene rings is 1. The molecule has 5 amide bonds. The summed E-state index contributed by atoms with van der Waals surface area (Å²) in [7, 11) is 0. The van der Waals surface area contributed by atoms with E-state index in [4.69, 9.17) is 4.74 Å². The normalized spacial score (nSPS) is 23.6. The van der Waals surface area contributed by atoms with Gasteiger partial charge in [0.05, 0.1) is 23.3 Å². The second kappa shape index (κ2) is 10.8. The smallest absolute Gasteiger partial charge is 0.262 e. The molecule has 204 valence electrons. The Morgan fingerprint density at radius 1 is 1.08 bits per heavy atom. The first-order chi connectivity index (χ1) is 18.3. The van der Waals surface area contributed by atoms with Gasteiger partial charge in [-0.2, -0.15) is 0 Å². The molecule has 4 aliphatic rings. The van der Waals surface area contributed by atoms with Crippen LogP contribution in [0.2, 0.25) is 0 Å². The van der Waals surface area contributed by atoms with Crippen LogP contribution in [0.3, 0.4) is 0 Å². The first kappa shape index (κ1) is 26.3. The summed E-state index contributed by atoms with van der Waals surface area (Å²) in [5.41, 5.74) is 1.28. The van der Waals surface area contributed by atoms with Gasteiger partial charge in [-0.3, -0.25) is 39.1 Å². The third kappa shape index (κ3) is 5.30. The summed E-state index contributed by atoms with van der Waals surface area (Å²) in [6.45, 7) is 7.28. The highest BCUT2D eigenvalue weighted by molar-refractivity contribution is 6.23. The van der Waals surface area contributed by atoms with E-state index < -0.39 is 23.8 Å². The summed E-state index contributed by atoms with van der Waals surface area (Å²) in [6.07, 6.45) is 3.95. The van der Waals surface area contributed by atoms with Crippen LogP contribution >= 0.6 is 0 Å². The molecule has 3 fully saturated rings. The number of anilines is 1. The van der Waals surface area contributed by atoms with Gasteiger partial charge in [-0.1, -0.05) is 0 Å². The van der Waals surface area contributed by atoms with Crippen LogP contribution in [-0.2, 0) is 19.1 Å². The minimum absolute atomic E-state index is 0.00747. The van der Waals surface area contributed by atoms with Crippen molar-refractivity contribution >= 4 is 35.2 Å². The van der Waals surface area contributed by atoms with E-state index >= 15 is 0 Å². The van der Waals surface area contributed by atoms with Crippen molar-refractivity contribution in [2.24, 2.45) is 0 Å². The number of amides is 5. The molecule has 1 unspecified atom stereocenters. The second-order valence-electron chi connectivity index (χ2n) is 10.7. The molecule has 38 heavy (non-hydrogen) atoms. The molecule has 1 aromatic rings. The number of hydrogen-bond acceptors (Lipinski definition) is 8. The average molecular weight is 526 g/mol. The molecule has 3 saturated heterocycles. The van der Waals surface area contributed by atoms with Crippen LogP contribution in [0.1, 0.15) is 66.2 Å². The Morgan fingerprint density at radius 3 is 2.58 bits per heavy atom. The van der Waals surface area contributed by atoms with Crippen molar-refractivity contribution in [1.29, 1.82) is 0 Å². The van der Waals surface area contributed by atoms with E-state index in [2.05, 4.69) is 20.4 Å². The lowest BCUT2D eigenvalue weighted by atomic mass is 9.89. The topological polar surface area (TPSA) is 128 Å². The molecule has 4 aliphatic heterocycles. The van der Waals surface area contributed by atoms with Gasteiger partial charge in [-0.15, -0.1) is 0 Å². The van der Waals surface area contributed by atoms with E-state index in [1.54, 1.807) is 12.1 Å². The van der Waals surface area contributed by atoms with Crippen LogP contribution in [0.4, 0.5) is 5.69 Å². The predicted molar refractivity (Wildman–Crippen MR) is 138 cm³/mol. The largest absolute Gasteiger partial charge is 0.372 e. The van der Waals surface area contributed by atoms with Gasteiger partial charge in [0.2, 0.25) is 17.7 Å². The fourth-order valence-electron chi connectivity index (χ4n) is 5.97. The summed E-state index contributed by atoms with van der Waals surface area (Å²) in [5.74, 6) is -1.96. The van der Waals surface area contributed by atoms with Crippen molar-refractivity contribution in [3.63, 3.8) is 0 Å². The molecule has 0 saturated carbocycles. The van der Waals surface area contributed by atoms with Crippen molar-refractivity contribution in [2.45, 2.75) is 57.1 Å². The Bertz CT molecular complexity index is 1140. The standard InChI is InChI=1S/C27H35N5O6/c1-18(33)28-10-2-3-11-30-14-15-38-27(17-30)8-12-31(13-9-27)19-4-5-20-21(16-19)26(37)32(25(20)36)22-6-7-23(34)29-24(22)35/h4-5,16,22H,2-3,6-15,17H2,1H3,(H,28,33)(H,29,34,35). The van der Waals surface area contributed by atoms with Gasteiger partial charge < -0.3 is 15.0 Å². The molecular formula is C27H35N5O6. The van der Waals surface area contributed by atoms with Gasteiger partial charge >= 0.3 is 0 Å². The van der Waals surface area contributed by atoms with Crippen molar-refractivity contribution in [3.05, 3.63) is 29.3 Å². The number of unbranched alkanes of at least 4 members (excludes halogenated alkanes) is 1. The number of nitrogens with one attached hydrogen (secondary N) is 2.